The van der Waals surface area contributed by atoms with Crippen molar-refractivity contribution >= 4 is 11.8 Å². The van der Waals surface area contributed by atoms with Gasteiger partial charge in [-0.05, 0) is 49.4 Å². The Kier molecular flexibility index (Phi) is 3.65. The van der Waals surface area contributed by atoms with Gasteiger partial charge in [-0.1, -0.05) is 12.2 Å². The van der Waals surface area contributed by atoms with Crippen LogP contribution in [-0.2, 0) is 0 Å². The second-order valence-corrected chi connectivity index (χ2v) is 5.53. The fourth-order valence-corrected chi connectivity index (χ4v) is 2.63. The van der Waals surface area contributed by atoms with Crippen LogP contribution in [0.4, 0.5) is 0 Å². The first kappa shape index (κ1) is 13.1. The van der Waals surface area contributed by atoms with Gasteiger partial charge in [0.05, 0.1) is 12.3 Å². The lowest BCUT2D eigenvalue weighted by Gasteiger charge is -2.28. The van der Waals surface area contributed by atoms with Crippen molar-refractivity contribution in [3.05, 3.63) is 47.8 Å². The zero-order valence-electron chi connectivity index (χ0n) is 12.0. The summed E-state index contributed by atoms with van der Waals surface area (Å²) in [7, 11) is 4.19. The minimum absolute atomic E-state index is 0.392. The van der Waals surface area contributed by atoms with E-state index in [9.17, 15) is 0 Å². The van der Waals surface area contributed by atoms with Gasteiger partial charge < -0.3 is 4.90 Å². The molecule has 2 heterocycles. The van der Waals surface area contributed by atoms with E-state index in [1.165, 1.54) is 16.7 Å². The summed E-state index contributed by atoms with van der Waals surface area (Å²) in [5, 5.41) is 6.76. The third-order valence-corrected chi connectivity index (χ3v) is 3.82. The molecular formula is C16H20N4. The zero-order chi connectivity index (χ0) is 13.9. The van der Waals surface area contributed by atoms with Crippen LogP contribution in [-0.4, -0.2) is 54.3 Å². The predicted molar refractivity (Wildman–Crippen MR) is 82.5 cm³/mol. The fourth-order valence-electron chi connectivity index (χ4n) is 2.63. The summed E-state index contributed by atoms with van der Waals surface area (Å²) < 4.78 is 0. The molecule has 4 nitrogen and oxygen atoms in total. The van der Waals surface area contributed by atoms with Crippen molar-refractivity contribution in [1.82, 2.24) is 14.9 Å². The summed E-state index contributed by atoms with van der Waals surface area (Å²) >= 11 is 0. The van der Waals surface area contributed by atoms with E-state index in [1.54, 1.807) is 0 Å². The molecule has 2 aliphatic rings. The van der Waals surface area contributed by atoms with E-state index < -0.39 is 0 Å². The summed E-state index contributed by atoms with van der Waals surface area (Å²) in [4.78, 5) is 6.28. The van der Waals surface area contributed by atoms with Gasteiger partial charge >= 0.3 is 0 Å². The largest absolute Gasteiger partial charge is 0.308 e. The predicted octanol–water partition coefficient (Wildman–Crippen LogP) is 2.03. The Hall–Kier alpha value is -1.94. The normalized spacial score (nSPS) is 20.9. The first-order valence-corrected chi connectivity index (χ1v) is 7.00. The van der Waals surface area contributed by atoms with E-state index in [0.29, 0.717) is 6.04 Å². The third-order valence-electron chi connectivity index (χ3n) is 3.82. The van der Waals surface area contributed by atoms with Crippen LogP contribution < -0.4 is 0 Å². The molecule has 1 unspecified atom stereocenters. The monoisotopic (exact) mass is 268 g/mol. The molecule has 0 radical (unpaired) electrons. The van der Waals surface area contributed by atoms with Crippen molar-refractivity contribution < 1.29 is 0 Å². The highest BCUT2D eigenvalue weighted by Crippen LogP contribution is 2.31. The molecule has 1 aliphatic heterocycles. The van der Waals surface area contributed by atoms with Crippen molar-refractivity contribution in [3.8, 4) is 0 Å². The van der Waals surface area contributed by atoms with Crippen LogP contribution in [0.2, 0.25) is 0 Å². The van der Waals surface area contributed by atoms with Crippen molar-refractivity contribution in [2.45, 2.75) is 12.5 Å². The molecule has 0 bridgehead atoms. The van der Waals surface area contributed by atoms with Crippen LogP contribution in [0.25, 0.3) is 5.57 Å². The number of hydrazone groups is 1. The molecule has 104 valence electrons. The third kappa shape index (κ3) is 2.65. The maximum absolute atomic E-state index is 4.55. The molecule has 1 aliphatic carbocycles. The Balaban J connectivity index is 1.74. The fraction of sp³-hybridized carbons (Fsp3) is 0.375. The molecule has 1 aromatic heterocycles. The van der Waals surface area contributed by atoms with E-state index in [-0.39, 0.29) is 0 Å². The number of hydrogen-bond acceptors (Lipinski definition) is 4. The van der Waals surface area contributed by atoms with Crippen molar-refractivity contribution in [3.63, 3.8) is 0 Å². The van der Waals surface area contributed by atoms with Crippen molar-refractivity contribution in [2.24, 2.45) is 5.10 Å². The maximum atomic E-state index is 4.55. The Labute approximate surface area is 120 Å². The van der Waals surface area contributed by atoms with E-state index in [4.69, 9.17) is 0 Å². The Bertz CT molecular complexity index is 557. The van der Waals surface area contributed by atoms with Gasteiger partial charge in [0, 0.05) is 25.5 Å². The molecular weight excluding hydrogens is 248 g/mol. The highest BCUT2D eigenvalue weighted by atomic mass is 15.5. The number of pyridine rings is 1. The lowest BCUT2D eigenvalue weighted by molar-refractivity contribution is 0.224. The molecule has 1 aromatic rings. The first-order valence-electron chi connectivity index (χ1n) is 7.00. The smallest absolute Gasteiger partial charge is 0.0776 e. The van der Waals surface area contributed by atoms with Crippen LogP contribution in [0.1, 0.15) is 12.0 Å². The zero-order valence-corrected chi connectivity index (χ0v) is 12.0. The number of fused-ring (bicyclic) bond motifs is 1. The molecule has 0 aromatic carbocycles. The van der Waals surface area contributed by atoms with Gasteiger partial charge in [0.1, 0.15) is 0 Å². The molecule has 0 amide bonds. The number of hydrogen-bond donors (Lipinski definition) is 0. The Morgan fingerprint density at radius 1 is 1.25 bits per heavy atom. The SMILES string of the molecule is CN(C)CCN1N=CC2=CC=C(c3ccncc3)CC21. The van der Waals surface area contributed by atoms with Crippen LogP contribution in [0, 0.1) is 0 Å². The molecule has 0 N–H and O–H groups in total. The van der Waals surface area contributed by atoms with Gasteiger partial charge in [0.25, 0.3) is 0 Å². The van der Waals surface area contributed by atoms with E-state index in [1.807, 2.05) is 18.6 Å². The highest BCUT2D eigenvalue weighted by molar-refractivity contribution is 5.86. The number of likely N-dealkylation sites (N-methyl/N-ethyl adjacent to an activating group) is 1. The molecule has 4 heteroatoms. The number of nitrogens with zero attached hydrogens (tertiary/aromatic N) is 4. The van der Waals surface area contributed by atoms with Crippen LogP contribution in [0.3, 0.4) is 0 Å². The second-order valence-electron chi connectivity index (χ2n) is 5.53. The summed E-state index contributed by atoms with van der Waals surface area (Å²) in [6, 6.07) is 4.54. The number of allylic oxidation sites excluding steroid dienone is 2. The Morgan fingerprint density at radius 2 is 2.05 bits per heavy atom. The molecule has 0 saturated carbocycles. The molecule has 0 spiro atoms. The van der Waals surface area contributed by atoms with Crippen LogP contribution in [0.15, 0.2) is 47.4 Å². The quantitative estimate of drug-likeness (QED) is 0.837. The minimum Gasteiger partial charge on any atom is -0.308 e. The second kappa shape index (κ2) is 5.59. The summed E-state index contributed by atoms with van der Waals surface area (Å²) in [5.41, 5.74) is 3.94. The highest BCUT2D eigenvalue weighted by Gasteiger charge is 2.28. The van der Waals surface area contributed by atoms with Gasteiger partial charge in [-0.3, -0.25) is 9.99 Å². The average molecular weight is 268 g/mol. The van der Waals surface area contributed by atoms with Crippen LogP contribution in [0.5, 0.6) is 0 Å². The molecule has 0 fully saturated rings. The van der Waals surface area contributed by atoms with Gasteiger partial charge in [-0.2, -0.15) is 5.10 Å². The average Bonchev–Trinajstić information content (AvgIpc) is 2.88. The lowest BCUT2D eigenvalue weighted by atomic mass is 9.90. The summed E-state index contributed by atoms with van der Waals surface area (Å²) in [6.45, 7) is 1.99. The summed E-state index contributed by atoms with van der Waals surface area (Å²) in [5.74, 6) is 0. The maximum Gasteiger partial charge on any atom is 0.0776 e. The van der Waals surface area contributed by atoms with Crippen molar-refractivity contribution in [1.29, 1.82) is 0 Å². The number of rotatable bonds is 4. The van der Waals surface area contributed by atoms with Crippen molar-refractivity contribution in [2.75, 3.05) is 27.2 Å². The minimum atomic E-state index is 0.392. The van der Waals surface area contributed by atoms with Gasteiger partial charge in [0.2, 0.25) is 0 Å². The van der Waals surface area contributed by atoms with E-state index >= 15 is 0 Å². The van der Waals surface area contributed by atoms with Crippen LogP contribution >= 0.6 is 0 Å². The molecule has 20 heavy (non-hydrogen) atoms. The van der Waals surface area contributed by atoms with E-state index in [0.717, 1.165) is 19.5 Å². The standard InChI is InChI=1S/C16H20N4/c1-19(2)9-10-20-16-11-14(3-4-15(16)12-18-20)13-5-7-17-8-6-13/h3-8,12,16H,9-11H2,1-2H3. The number of aromatic nitrogens is 1. The first-order chi connectivity index (χ1) is 9.74. The van der Waals surface area contributed by atoms with Gasteiger partial charge in [-0.25, -0.2) is 0 Å². The Morgan fingerprint density at radius 3 is 2.80 bits per heavy atom. The topological polar surface area (TPSA) is 31.7 Å². The lowest BCUT2D eigenvalue weighted by Crippen LogP contribution is -2.34. The molecule has 1 atom stereocenters. The van der Waals surface area contributed by atoms with Gasteiger partial charge in [0.15, 0.2) is 0 Å². The molecule has 0 saturated heterocycles. The van der Waals surface area contributed by atoms with E-state index in [2.05, 4.69) is 58.4 Å². The molecule has 3 rings (SSSR count). The van der Waals surface area contributed by atoms with Gasteiger partial charge in [-0.15, -0.1) is 0 Å². The summed E-state index contributed by atoms with van der Waals surface area (Å²) in [6.07, 6.45) is 11.1.